The van der Waals surface area contributed by atoms with Crippen LogP contribution in [-0.2, 0) is 16.1 Å². The van der Waals surface area contributed by atoms with Crippen LogP contribution < -0.4 is 5.32 Å². The number of carbonyl (C=O) groups is 1. The lowest BCUT2D eigenvalue weighted by molar-refractivity contribution is -0.146. The van der Waals surface area contributed by atoms with Crippen molar-refractivity contribution >= 4 is 17.3 Å². The molecule has 0 spiro atoms. The third kappa shape index (κ3) is 3.26. The van der Waals surface area contributed by atoms with Crippen LogP contribution in [0.15, 0.2) is 5.38 Å². The van der Waals surface area contributed by atoms with E-state index in [1.165, 1.54) is 18.4 Å². The first kappa shape index (κ1) is 13.1. The Bertz CT molecular complexity index is 367. The van der Waals surface area contributed by atoms with Crippen LogP contribution in [0.25, 0.3) is 0 Å². The molecular formula is C10H16N2O3S. The number of aromatic nitrogens is 1. The number of hydrogen-bond acceptors (Lipinski definition) is 5. The zero-order valence-electron chi connectivity index (χ0n) is 9.61. The summed E-state index contributed by atoms with van der Waals surface area (Å²) in [6.45, 7) is 4.06. The molecule has 1 unspecified atom stereocenters. The van der Waals surface area contributed by atoms with Gasteiger partial charge in [-0.15, -0.1) is 11.3 Å². The number of carboxylic acid groups (broad SMARTS) is 1. The topological polar surface area (TPSA) is 71.5 Å². The molecule has 0 aromatic carbocycles. The zero-order valence-corrected chi connectivity index (χ0v) is 10.4. The van der Waals surface area contributed by atoms with E-state index in [2.05, 4.69) is 10.3 Å². The minimum absolute atomic E-state index is 0.118. The van der Waals surface area contributed by atoms with Crippen molar-refractivity contribution in [1.82, 2.24) is 10.3 Å². The van der Waals surface area contributed by atoms with E-state index in [0.29, 0.717) is 6.54 Å². The molecule has 5 nitrogen and oxygen atoms in total. The number of hydrogen-bond donors (Lipinski definition) is 2. The lowest BCUT2D eigenvalue weighted by atomic mass is 10.0. The molecule has 90 valence electrons. The first-order chi connectivity index (χ1) is 7.48. The predicted molar refractivity (Wildman–Crippen MR) is 61.6 cm³/mol. The minimum atomic E-state index is -1.08. The summed E-state index contributed by atoms with van der Waals surface area (Å²) >= 11 is 1.51. The third-order valence-electron chi connectivity index (χ3n) is 2.20. The Hall–Kier alpha value is -0.980. The van der Waals surface area contributed by atoms with E-state index >= 15 is 0 Å². The second kappa shape index (κ2) is 5.38. The third-order valence-corrected chi connectivity index (χ3v) is 3.17. The largest absolute Gasteiger partial charge is 0.480 e. The average molecular weight is 244 g/mol. The SMILES string of the molecule is COCC(C)(NCc1nc(C)cs1)C(=O)O. The lowest BCUT2D eigenvalue weighted by Crippen LogP contribution is -2.52. The molecule has 0 aliphatic carbocycles. The van der Waals surface area contributed by atoms with Crippen LogP contribution in [0.2, 0.25) is 0 Å². The monoisotopic (exact) mass is 244 g/mol. The molecule has 6 heteroatoms. The van der Waals surface area contributed by atoms with E-state index in [9.17, 15) is 4.79 Å². The first-order valence-electron chi connectivity index (χ1n) is 4.86. The number of thiazole rings is 1. The Morgan fingerprint density at radius 3 is 2.88 bits per heavy atom. The van der Waals surface area contributed by atoms with Crippen LogP contribution >= 0.6 is 11.3 Å². The molecule has 16 heavy (non-hydrogen) atoms. The van der Waals surface area contributed by atoms with Gasteiger partial charge in [0.1, 0.15) is 10.5 Å². The predicted octanol–water partition coefficient (Wildman–Crippen LogP) is 1.03. The van der Waals surface area contributed by atoms with E-state index in [1.807, 2.05) is 12.3 Å². The Labute approximate surface area is 98.5 Å². The number of aryl methyl sites for hydroxylation is 1. The average Bonchev–Trinajstić information content (AvgIpc) is 2.61. The molecule has 2 N–H and O–H groups in total. The van der Waals surface area contributed by atoms with Gasteiger partial charge in [-0.2, -0.15) is 0 Å². The van der Waals surface area contributed by atoms with Gasteiger partial charge in [-0.05, 0) is 13.8 Å². The number of ether oxygens (including phenoxy) is 1. The van der Waals surface area contributed by atoms with Gasteiger partial charge in [0.2, 0.25) is 0 Å². The van der Waals surface area contributed by atoms with Gasteiger partial charge in [0, 0.05) is 24.7 Å². The molecule has 1 rings (SSSR count). The Morgan fingerprint density at radius 2 is 2.44 bits per heavy atom. The highest BCUT2D eigenvalue weighted by atomic mass is 32.1. The molecule has 1 atom stereocenters. The second-order valence-corrected chi connectivity index (χ2v) is 4.75. The van der Waals surface area contributed by atoms with Gasteiger partial charge >= 0.3 is 5.97 Å². The van der Waals surface area contributed by atoms with E-state index in [4.69, 9.17) is 9.84 Å². The van der Waals surface area contributed by atoms with Crippen LogP contribution in [0, 0.1) is 6.92 Å². The normalized spacial score (nSPS) is 14.7. The van der Waals surface area contributed by atoms with E-state index in [0.717, 1.165) is 10.7 Å². The molecule has 0 radical (unpaired) electrons. The highest BCUT2D eigenvalue weighted by molar-refractivity contribution is 7.09. The lowest BCUT2D eigenvalue weighted by Gasteiger charge is -2.24. The van der Waals surface area contributed by atoms with Crippen molar-refractivity contribution in [3.8, 4) is 0 Å². The van der Waals surface area contributed by atoms with Gasteiger partial charge in [0.25, 0.3) is 0 Å². The van der Waals surface area contributed by atoms with Crippen molar-refractivity contribution in [3.05, 3.63) is 16.1 Å². The Balaban J connectivity index is 2.60. The molecule has 0 saturated carbocycles. The molecule has 0 fully saturated rings. The van der Waals surface area contributed by atoms with Crippen molar-refractivity contribution < 1.29 is 14.6 Å². The fourth-order valence-electron chi connectivity index (χ4n) is 1.23. The standard InChI is InChI=1S/C10H16N2O3S/c1-7-5-16-8(12-7)4-11-10(2,6-15-3)9(13)14/h5,11H,4,6H2,1-3H3,(H,13,14). The maximum absolute atomic E-state index is 11.1. The molecule has 1 heterocycles. The van der Waals surface area contributed by atoms with Gasteiger partial charge in [-0.3, -0.25) is 10.1 Å². The highest BCUT2D eigenvalue weighted by Gasteiger charge is 2.32. The molecule has 0 aliphatic heterocycles. The fraction of sp³-hybridized carbons (Fsp3) is 0.600. The van der Waals surface area contributed by atoms with Crippen LogP contribution in [0.4, 0.5) is 0 Å². The number of nitrogens with one attached hydrogen (secondary N) is 1. The highest BCUT2D eigenvalue weighted by Crippen LogP contribution is 2.11. The number of carboxylic acids is 1. The van der Waals surface area contributed by atoms with Gasteiger partial charge in [0.05, 0.1) is 6.61 Å². The number of nitrogens with zero attached hydrogens (tertiary/aromatic N) is 1. The van der Waals surface area contributed by atoms with E-state index in [1.54, 1.807) is 6.92 Å². The summed E-state index contributed by atoms with van der Waals surface area (Å²) in [6, 6.07) is 0. The summed E-state index contributed by atoms with van der Waals surface area (Å²) in [4.78, 5) is 15.3. The summed E-state index contributed by atoms with van der Waals surface area (Å²) in [7, 11) is 1.48. The Kier molecular flexibility index (Phi) is 4.40. The van der Waals surface area contributed by atoms with Gasteiger partial charge in [0.15, 0.2) is 0 Å². The van der Waals surface area contributed by atoms with Crippen molar-refractivity contribution in [2.45, 2.75) is 25.9 Å². The summed E-state index contributed by atoms with van der Waals surface area (Å²) in [5.41, 5.74) is -0.125. The molecule has 0 aliphatic rings. The zero-order chi connectivity index (χ0) is 12.2. The molecular weight excluding hydrogens is 228 g/mol. The summed E-state index contributed by atoms with van der Waals surface area (Å²) in [6.07, 6.45) is 0. The molecule has 0 bridgehead atoms. The van der Waals surface area contributed by atoms with E-state index < -0.39 is 11.5 Å². The molecule has 1 aromatic rings. The molecule has 0 amide bonds. The van der Waals surface area contributed by atoms with Crippen LogP contribution in [0.5, 0.6) is 0 Å². The summed E-state index contributed by atoms with van der Waals surface area (Å²) in [5.74, 6) is -0.928. The maximum atomic E-state index is 11.1. The van der Waals surface area contributed by atoms with Crippen molar-refractivity contribution in [2.24, 2.45) is 0 Å². The van der Waals surface area contributed by atoms with Crippen LogP contribution in [-0.4, -0.2) is 35.3 Å². The Morgan fingerprint density at radius 1 is 1.75 bits per heavy atom. The quantitative estimate of drug-likeness (QED) is 0.782. The number of rotatable bonds is 6. The van der Waals surface area contributed by atoms with E-state index in [-0.39, 0.29) is 6.61 Å². The number of aliphatic carboxylic acids is 1. The van der Waals surface area contributed by atoms with Gasteiger partial charge in [-0.1, -0.05) is 0 Å². The van der Waals surface area contributed by atoms with Gasteiger partial charge in [-0.25, -0.2) is 4.98 Å². The van der Waals surface area contributed by atoms with Crippen LogP contribution in [0.1, 0.15) is 17.6 Å². The van der Waals surface area contributed by atoms with Crippen molar-refractivity contribution in [2.75, 3.05) is 13.7 Å². The maximum Gasteiger partial charge on any atom is 0.326 e. The van der Waals surface area contributed by atoms with Crippen LogP contribution in [0.3, 0.4) is 0 Å². The summed E-state index contributed by atoms with van der Waals surface area (Å²) in [5, 5.41) is 14.8. The summed E-state index contributed by atoms with van der Waals surface area (Å²) < 4.78 is 4.90. The van der Waals surface area contributed by atoms with Crippen molar-refractivity contribution in [1.29, 1.82) is 0 Å². The first-order valence-corrected chi connectivity index (χ1v) is 5.74. The fourth-order valence-corrected chi connectivity index (χ4v) is 1.94. The smallest absolute Gasteiger partial charge is 0.326 e. The second-order valence-electron chi connectivity index (χ2n) is 3.81. The van der Waals surface area contributed by atoms with Gasteiger partial charge < -0.3 is 9.84 Å². The minimum Gasteiger partial charge on any atom is -0.480 e. The van der Waals surface area contributed by atoms with Crippen molar-refractivity contribution in [3.63, 3.8) is 0 Å². The molecule has 1 aromatic heterocycles. The molecule has 0 saturated heterocycles. The number of methoxy groups -OCH3 is 1.